The molecule has 8 N–H and O–H groups in total. The lowest BCUT2D eigenvalue weighted by Crippen LogP contribution is -2.39. The summed E-state index contributed by atoms with van der Waals surface area (Å²) >= 11 is 0. The van der Waals surface area contributed by atoms with Gasteiger partial charge in [-0.15, -0.1) is 5.10 Å². The Balaban J connectivity index is 2.13. The number of benzene rings is 2. The molecule has 150 valence electrons. The second kappa shape index (κ2) is 8.95. The van der Waals surface area contributed by atoms with Gasteiger partial charge in [-0.3, -0.25) is 0 Å². The fraction of sp³-hybridized carbons (Fsp3) is 0.176. The minimum absolute atomic E-state index is 0.0802. The molecule has 0 aromatic heterocycles. The number of amides is 2. The van der Waals surface area contributed by atoms with Crippen LogP contribution in [0.5, 0.6) is 0 Å². The predicted molar refractivity (Wildman–Crippen MR) is 100 cm³/mol. The zero-order valence-electron chi connectivity index (χ0n) is 14.7. The number of hydrazine groups is 1. The SMILES string of the molecule is NC(=O)NCCN(N)/N=C(\N)c1ccccc1Nc1ccc(C(F)(F)F)cc1. The Bertz CT molecular complexity index is 837. The summed E-state index contributed by atoms with van der Waals surface area (Å²) in [6.45, 7) is 0.339. The van der Waals surface area contributed by atoms with Crippen molar-refractivity contribution >= 4 is 23.2 Å². The lowest BCUT2D eigenvalue weighted by Gasteiger charge is -2.16. The number of hydrazone groups is 1. The van der Waals surface area contributed by atoms with Crippen molar-refractivity contribution in [2.24, 2.45) is 22.4 Å². The number of nitrogens with zero attached hydrogens (tertiary/aromatic N) is 2. The van der Waals surface area contributed by atoms with Crippen molar-refractivity contribution in [1.29, 1.82) is 0 Å². The molecule has 2 aromatic rings. The van der Waals surface area contributed by atoms with E-state index >= 15 is 0 Å². The maximum absolute atomic E-state index is 12.7. The minimum Gasteiger partial charge on any atom is -0.382 e. The second-order valence-electron chi connectivity index (χ2n) is 5.69. The quantitative estimate of drug-likeness (QED) is 0.211. The summed E-state index contributed by atoms with van der Waals surface area (Å²) < 4.78 is 38.0. The minimum atomic E-state index is -4.40. The summed E-state index contributed by atoms with van der Waals surface area (Å²) in [5.74, 6) is 5.79. The maximum Gasteiger partial charge on any atom is 0.416 e. The average Bonchev–Trinajstić information content (AvgIpc) is 2.61. The van der Waals surface area contributed by atoms with Crippen molar-refractivity contribution in [3.63, 3.8) is 0 Å². The topological polar surface area (TPSA) is 135 Å². The Kier molecular flexibility index (Phi) is 6.66. The molecule has 2 amide bonds. The number of rotatable bonds is 7. The fourth-order valence-electron chi connectivity index (χ4n) is 2.25. The van der Waals surface area contributed by atoms with E-state index in [0.29, 0.717) is 16.9 Å². The van der Waals surface area contributed by atoms with Gasteiger partial charge in [0.1, 0.15) is 0 Å². The molecule has 0 spiro atoms. The van der Waals surface area contributed by atoms with E-state index in [1.54, 1.807) is 24.3 Å². The zero-order valence-corrected chi connectivity index (χ0v) is 14.7. The molecule has 0 aliphatic heterocycles. The van der Waals surface area contributed by atoms with Gasteiger partial charge in [0.15, 0.2) is 5.84 Å². The first-order valence-electron chi connectivity index (χ1n) is 8.10. The van der Waals surface area contributed by atoms with Crippen LogP contribution < -0.4 is 27.9 Å². The highest BCUT2D eigenvalue weighted by Gasteiger charge is 2.29. The Hall–Kier alpha value is -3.47. The Labute approximate surface area is 159 Å². The molecule has 0 radical (unpaired) electrons. The maximum atomic E-state index is 12.7. The van der Waals surface area contributed by atoms with Crippen molar-refractivity contribution < 1.29 is 18.0 Å². The molecule has 0 fully saturated rings. The number of anilines is 2. The number of alkyl halides is 3. The lowest BCUT2D eigenvalue weighted by molar-refractivity contribution is -0.137. The summed E-state index contributed by atoms with van der Waals surface area (Å²) in [7, 11) is 0. The first-order valence-corrected chi connectivity index (χ1v) is 8.10. The van der Waals surface area contributed by atoms with Gasteiger partial charge in [0.05, 0.1) is 12.1 Å². The highest BCUT2D eigenvalue weighted by atomic mass is 19.4. The summed E-state index contributed by atoms with van der Waals surface area (Å²) in [4.78, 5) is 10.6. The van der Waals surface area contributed by atoms with Gasteiger partial charge in [0.25, 0.3) is 0 Å². The number of hydrogen-bond acceptors (Lipinski definition) is 5. The molecule has 0 saturated heterocycles. The van der Waals surface area contributed by atoms with Gasteiger partial charge in [-0.1, -0.05) is 12.1 Å². The van der Waals surface area contributed by atoms with Crippen LogP contribution in [0.2, 0.25) is 0 Å². The average molecular weight is 395 g/mol. The van der Waals surface area contributed by atoms with E-state index in [0.717, 1.165) is 17.3 Å². The Morgan fingerprint density at radius 3 is 2.32 bits per heavy atom. The molecule has 0 saturated carbocycles. The first kappa shape index (κ1) is 20.8. The van der Waals surface area contributed by atoms with Crippen molar-refractivity contribution in [1.82, 2.24) is 10.4 Å². The summed E-state index contributed by atoms with van der Waals surface area (Å²) in [6, 6.07) is 10.8. The highest BCUT2D eigenvalue weighted by Crippen LogP contribution is 2.30. The van der Waals surface area contributed by atoms with Crippen LogP contribution in [-0.4, -0.2) is 30.1 Å². The second-order valence-corrected chi connectivity index (χ2v) is 5.69. The first-order chi connectivity index (χ1) is 13.2. The number of primary amides is 1. The number of amidine groups is 1. The van der Waals surface area contributed by atoms with Crippen LogP contribution in [0.4, 0.5) is 29.3 Å². The molecule has 8 nitrogen and oxygen atoms in total. The van der Waals surface area contributed by atoms with Crippen molar-refractivity contribution in [3.05, 3.63) is 59.7 Å². The number of carbonyl (C=O) groups is 1. The van der Waals surface area contributed by atoms with E-state index < -0.39 is 17.8 Å². The number of halogens is 3. The van der Waals surface area contributed by atoms with Crippen LogP contribution in [0, 0.1) is 0 Å². The fourth-order valence-corrected chi connectivity index (χ4v) is 2.25. The molecule has 2 aromatic carbocycles. The summed E-state index contributed by atoms with van der Waals surface area (Å²) in [6.07, 6.45) is -4.40. The van der Waals surface area contributed by atoms with Gasteiger partial charge in [-0.05, 0) is 36.4 Å². The van der Waals surface area contributed by atoms with Crippen LogP contribution in [0.25, 0.3) is 0 Å². The van der Waals surface area contributed by atoms with E-state index in [4.69, 9.17) is 17.3 Å². The van der Waals surface area contributed by atoms with Gasteiger partial charge in [-0.2, -0.15) is 13.2 Å². The Morgan fingerprint density at radius 1 is 1.07 bits per heavy atom. The van der Waals surface area contributed by atoms with Crippen molar-refractivity contribution in [2.45, 2.75) is 6.18 Å². The molecule has 0 aliphatic rings. The monoisotopic (exact) mass is 395 g/mol. The number of carbonyl (C=O) groups excluding carboxylic acids is 1. The molecule has 28 heavy (non-hydrogen) atoms. The van der Waals surface area contributed by atoms with Gasteiger partial charge < -0.3 is 22.1 Å². The third-order valence-corrected chi connectivity index (χ3v) is 3.57. The van der Waals surface area contributed by atoms with E-state index in [9.17, 15) is 18.0 Å². The van der Waals surface area contributed by atoms with Crippen LogP contribution in [0.15, 0.2) is 53.6 Å². The largest absolute Gasteiger partial charge is 0.416 e. The molecular weight excluding hydrogens is 375 g/mol. The molecule has 2 rings (SSSR count). The molecule has 0 bridgehead atoms. The molecule has 0 atom stereocenters. The predicted octanol–water partition coefficient (Wildman–Crippen LogP) is 1.91. The number of nitrogens with two attached hydrogens (primary N) is 3. The number of nitrogens with one attached hydrogen (secondary N) is 2. The third kappa shape index (κ3) is 6.06. The highest BCUT2D eigenvalue weighted by molar-refractivity contribution is 6.02. The standard InChI is InChI=1S/C17H20F3N7O/c18-17(19,20)11-5-7-12(8-6-11)25-14-4-2-1-3-13(14)15(21)26-27(23)10-9-24-16(22)28/h1-8,25H,9-10,23H2,(H2,21,26)(H3,22,24,28). The summed E-state index contributed by atoms with van der Waals surface area (Å²) in [5, 5.41) is 10.4. The number of urea groups is 1. The number of hydrogen-bond donors (Lipinski definition) is 5. The van der Waals surface area contributed by atoms with Crippen molar-refractivity contribution in [2.75, 3.05) is 18.4 Å². The van der Waals surface area contributed by atoms with E-state index in [2.05, 4.69) is 15.7 Å². The molecule has 0 aliphatic carbocycles. The van der Waals surface area contributed by atoms with Crippen LogP contribution in [0.1, 0.15) is 11.1 Å². The molecule has 0 unspecified atom stereocenters. The van der Waals surface area contributed by atoms with Gasteiger partial charge in [0.2, 0.25) is 0 Å². The molecule has 11 heteroatoms. The van der Waals surface area contributed by atoms with E-state index in [1.807, 2.05) is 0 Å². The Morgan fingerprint density at radius 2 is 1.71 bits per heavy atom. The van der Waals surface area contributed by atoms with Gasteiger partial charge in [-0.25, -0.2) is 15.8 Å². The number of para-hydroxylation sites is 1. The van der Waals surface area contributed by atoms with Crippen LogP contribution in [-0.2, 0) is 6.18 Å². The van der Waals surface area contributed by atoms with Crippen LogP contribution >= 0.6 is 0 Å². The van der Waals surface area contributed by atoms with Gasteiger partial charge >= 0.3 is 12.2 Å². The third-order valence-electron chi connectivity index (χ3n) is 3.57. The van der Waals surface area contributed by atoms with Crippen LogP contribution in [0.3, 0.4) is 0 Å². The lowest BCUT2D eigenvalue weighted by atomic mass is 10.1. The van der Waals surface area contributed by atoms with Crippen molar-refractivity contribution in [3.8, 4) is 0 Å². The molecule has 0 heterocycles. The normalized spacial score (nSPS) is 11.8. The van der Waals surface area contributed by atoms with Gasteiger partial charge in [0, 0.05) is 23.5 Å². The smallest absolute Gasteiger partial charge is 0.382 e. The molecular formula is C17H20F3N7O. The van der Waals surface area contributed by atoms with E-state index in [1.165, 1.54) is 12.1 Å². The van der Waals surface area contributed by atoms with E-state index in [-0.39, 0.29) is 18.9 Å². The summed E-state index contributed by atoms with van der Waals surface area (Å²) in [5.41, 5.74) is 11.7. The zero-order chi connectivity index (χ0) is 20.7.